The van der Waals surface area contributed by atoms with Crippen LogP contribution in [0.25, 0.3) is 5.32 Å². The summed E-state index contributed by atoms with van der Waals surface area (Å²) >= 11 is 0. The Kier molecular flexibility index (Phi) is 5.97. The summed E-state index contributed by atoms with van der Waals surface area (Å²) in [6.07, 6.45) is 6.75. The minimum atomic E-state index is 0. The second kappa shape index (κ2) is 7.50. The van der Waals surface area contributed by atoms with E-state index in [9.17, 15) is 0 Å². The van der Waals surface area contributed by atoms with Gasteiger partial charge in [-0.25, -0.2) is 0 Å². The van der Waals surface area contributed by atoms with Gasteiger partial charge in [-0.15, -0.1) is 12.1 Å². The van der Waals surface area contributed by atoms with Crippen LogP contribution in [0.2, 0.25) is 0 Å². The Labute approximate surface area is 129 Å². The summed E-state index contributed by atoms with van der Waals surface area (Å²) in [5, 5.41) is 5.03. The standard InChI is InChI=1S/C16H23N2.Li/c1-2-6-14(7-3-1)12-18-11-10-16(13-18)17-15-8-4-5-9-15;/h1-3,6-7,15-16H,4-5,8-13H2;/q-1;+1/t16-;/m0./s1. The van der Waals surface area contributed by atoms with Crippen molar-refractivity contribution in [3.05, 3.63) is 41.2 Å². The zero-order chi connectivity index (χ0) is 12.2. The number of nitrogens with zero attached hydrogens (tertiary/aromatic N) is 2. The largest absolute Gasteiger partial charge is 1.00 e. The average Bonchev–Trinajstić information content (AvgIpc) is 3.03. The maximum atomic E-state index is 5.03. The summed E-state index contributed by atoms with van der Waals surface area (Å²) in [7, 11) is 0. The van der Waals surface area contributed by atoms with E-state index in [1.54, 1.807) is 0 Å². The van der Waals surface area contributed by atoms with Crippen molar-refractivity contribution in [1.82, 2.24) is 4.90 Å². The fraction of sp³-hybridized carbons (Fsp3) is 0.625. The van der Waals surface area contributed by atoms with E-state index >= 15 is 0 Å². The number of benzene rings is 1. The molecule has 2 nitrogen and oxygen atoms in total. The zero-order valence-corrected chi connectivity index (χ0v) is 12.1. The number of hydrogen-bond acceptors (Lipinski definition) is 1. The SMILES string of the molecule is [Li+].c1ccc(CN2CC[C@H]([N-]C3CCCC3)C2)cc1. The molecule has 0 spiro atoms. The van der Waals surface area contributed by atoms with Crippen LogP contribution in [0, 0.1) is 0 Å². The summed E-state index contributed by atoms with van der Waals surface area (Å²) in [4.78, 5) is 2.55. The molecule has 1 aromatic rings. The molecule has 0 unspecified atom stereocenters. The molecule has 98 valence electrons. The fourth-order valence-electron chi connectivity index (χ4n) is 3.27. The Bertz CT molecular complexity index is 362. The van der Waals surface area contributed by atoms with Gasteiger partial charge in [-0.2, -0.15) is 0 Å². The van der Waals surface area contributed by atoms with Crippen molar-refractivity contribution in [1.29, 1.82) is 0 Å². The van der Waals surface area contributed by atoms with Gasteiger partial charge in [0.05, 0.1) is 0 Å². The number of likely N-dealkylation sites (tertiary alicyclic amines) is 1. The molecule has 1 aromatic carbocycles. The molecule has 1 aliphatic carbocycles. The van der Waals surface area contributed by atoms with Crippen LogP contribution in [-0.2, 0) is 6.54 Å². The first-order valence-corrected chi connectivity index (χ1v) is 7.36. The number of rotatable bonds is 4. The van der Waals surface area contributed by atoms with Crippen LogP contribution < -0.4 is 18.9 Å². The van der Waals surface area contributed by atoms with Gasteiger partial charge in [0, 0.05) is 6.54 Å². The predicted octanol–water partition coefficient (Wildman–Crippen LogP) is 0.581. The topological polar surface area (TPSA) is 17.3 Å². The van der Waals surface area contributed by atoms with E-state index in [1.807, 2.05) is 0 Å². The van der Waals surface area contributed by atoms with Crippen LogP contribution in [0.5, 0.6) is 0 Å². The van der Waals surface area contributed by atoms with Crippen molar-refractivity contribution in [2.45, 2.75) is 50.7 Å². The van der Waals surface area contributed by atoms with Crippen molar-refractivity contribution in [2.24, 2.45) is 0 Å². The quantitative estimate of drug-likeness (QED) is 0.715. The van der Waals surface area contributed by atoms with E-state index in [4.69, 9.17) is 5.32 Å². The average molecular weight is 250 g/mol. The molecule has 0 N–H and O–H groups in total. The molecule has 1 atom stereocenters. The van der Waals surface area contributed by atoms with E-state index < -0.39 is 0 Å². The van der Waals surface area contributed by atoms with Gasteiger partial charge in [-0.05, 0) is 18.7 Å². The van der Waals surface area contributed by atoms with Crippen molar-refractivity contribution in [3.63, 3.8) is 0 Å². The molecule has 0 aromatic heterocycles. The van der Waals surface area contributed by atoms with Crippen LogP contribution in [0.4, 0.5) is 0 Å². The maximum absolute atomic E-state index is 5.03. The van der Waals surface area contributed by atoms with Crippen molar-refractivity contribution >= 4 is 0 Å². The number of hydrogen-bond donors (Lipinski definition) is 0. The molecule has 1 heterocycles. The van der Waals surface area contributed by atoms with Crippen LogP contribution >= 0.6 is 0 Å². The van der Waals surface area contributed by atoms with Gasteiger partial charge in [-0.3, -0.25) is 0 Å². The Morgan fingerprint density at radius 1 is 1.00 bits per heavy atom. The van der Waals surface area contributed by atoms with Crippen molar-refractivity contribution in [3.8, 4) is 0 Å². The molecular formula is C16H23LiN2. The zero-order valence-electron chi connectivity index (χ0n) is 12.1. The fourth-order valence-corrected chi connectivity index (χ4v) is 3.27. The predicted molar refractivity (Wildman–Crippen MR) is 75.7 cm³/mol. The first-order chi connectivity index (χ1) is 8.90. The van der Waals surface area contributed by atoms with E-state index in [2.05, 4.69) is 35.2 Å². The molecular weight excluding hydrogens is 227 g/mol. The van der Waals surface area contributed by atoms with Gasteiger partial charge in [0.25, 0.3) is 0 Å². The molecule has 1 saturated heterocycles. The minimum Gasteiger partial charge on any atom is -0.656 e. The van der Waals surface area contributed by atoms with Gasteiger partial charge in [0.15, 0.2) is 0 Å². The molecule has 0 amide bonds. The normalized spacial score (nSPS) is 24.5. The Morgan fingerprint density at radius 3 is 2.47 bits per heavy atom. The summed E-state index contributed by atoms with van der Waals surface area (Å²) in [5.74, 6) is 0. The van der Waals surface area contributed by atoms with Crippen LogP contribution in [0.1, 0.15) is 37.7 Å². The molecule has 2 aliphatic rings. The van der Waals surface area contributed by atoms with Gasteiger partial charge in [0.1, 0.15) is 0 Å². The van der Waals surface area contributed by atoms with E-state index in [1.165, 1.54) is 50.8 Å². The molecule has 2 fully saturated rings. The Balaban J connectivity index is 0.00000133. The second-order valence-electron chi connectivity index (χ2n) is 5.75. The minimum absolute atomic E-state index is 0. The van der Waals surface area contributed by atoms with E-state index in [-0.39, 0.29) is 18.9 Å². The summed E-state index contributed by atoms with van der Waals surface area (Å²) in [5.41, 5.74) is 1.43. The van der Waals surface area contributed by atoms with Crippen LogP contribution in [-0.4, -0.2) is 30.1 Å². The van der Waals surface area contributed by atoms with Gasteiger partial charge < -0.3 is 10.2 Å². The molecule has 1 aliphatic heterocycles. The molecule has 0 bridgehead atoms. The van der Waals surface area contributed by atoms with Crippen molar-refractivity contribution in [2.75, 3.05) is 13.1 Å². The Morgan fingerprint density at radius 2 is 1.74 bits per heavy atom. The molecule has 3 heteroatoms. The van der Waals surface area contributed by atoms with E-state index in [0.29, 0.717) is 12.1 Å². The second-order valence-corrected chi connectivity index (χ2v) is 5.75. The monoisotopic (exact) mass is 250 g/mol. The third kappa shape index (κ3) is 4.36. The van der Waals surface area contributed by atoms with Gasteiger partial charge in [-0.1, -0.05) is 62.4 Å². The maximum Gasteiger partial charge on any atom is 1.00 e. The van der Waals surface area contributed by atoms with Crippen LogP contribution in [0.15, 0.2) is 30.3 Å². The summed E-state index contributed by atoms with van der Waals surface area (Å²) in [6.45, 7) is 3.48. The smallest absolute Gasteiger partial charge is 0.656 e. The molecule has 3 rings (SSSR count). The Hall–Kier alpha value is -0.263. The van der Waals surface area contributed by atoms with Crippen LogP contribution in [0.3, 0.4) is 0 Å². The molecule has 19 heavy (non-hydrogen) atoms. The molecule has 0 radical (unpaired) electrons. The first-order valence-electron chi connectivity index (χ1n) is 7.36. The summed E-state index contributed by atoms with van der Waals surface area (Å²) < 4.78 is 0. The first kappa shape index (κ1) is 15.1. The molecule has 1 saturated carbocycles. The van der Waals surface area contributed by atoms with E-state index in [0.717, 1.165) is 6.54 Å². The van der Waals surface area contributed by atoms with Gasteiger partial charge >= 0.3 is 18.9 Å². The van der Waals surface area contributed by atoms with Gasteiger partial charge in [0.2, 0.25) is 0 Å². The third-order valence-electron chi connectivity index (χ3n) is 4.24. The summed E-state index contributed by atoms with van der Waals surface area (Å²) in [6, 6.07) is 12.1. The van der Waals surface area contributed by atoms with Crippen molar-refractivity contribution < 1.29 is 18.9 Å². The third-order valence-corrected chi connectivity index (χ3v) is 4.24.